The molecule has 0 saturated carbocycles. The molecule has 0 aliphatic heterocycles. The second-order valence-electron chi connectivity index (χ2n) is 6.96. The minimum absolute atomic E-state index is 0.0346. The van der Waals surface area contributed by atoms with Crippen LogP contribution in [0.5, 0.6) is 11.5 Å². The van der Waals surface area contributed by atoms with E-state index in [9.17, 15) is 4.79 Å². The minimum Gasteiger partial charge on any atom is -0.491 e. The van der Waals surface area contributed by atoms with E-state index in [4.69, 9.17) is 9.47 Å². The highest BCUT2D eigenvalue weighted by molar-refractivity contribution is 5.84. The number of aromatic nitrogens is 1. The largest absolute Gasteiger partial charge is 0.491 e. The number of pyridine rings is 1. The van der Waals surface area contributed by atoms with E-state index in [0.717, 1.165) is 35.2 Å². The zero-order valence-electron chi connectivity index (χ0n) is 15.8. The van der Waals surface area contributed by atoms with Gasteiger partial charge in [0, 0.05) is 18.1 Å². The molecule has 1 aliphatic carbocycles. The van der Waals surface area contributed by atoms with Gasteiger partial charge in [0.2, 0.25) is 0 Å². The van der Waals surface area contributed by atoms with Crippen LogP contribution >= 0.6 is 0 Å². The Morgan fingerprint density at radius 2 is 1.93 bits per heavy atom. The SMILES string of the molecule is O=C(COc1ccc2c(c1)CCC2)NCCCOc1cccc2cccnc12. The van der Waals surface area contributed by atoms with Gasteiger partial charge in [0.25, 0.3) is 5.91 Å². The maximum Gasteiger partial charge on any atom is 0.257 e. The molecular weight excluding hydrogens is 352 g/mol. The summed E-state index contributed by atoms with van der Waals surface area (Å²) in [6.45, 7) is 1.10. The standard InChI is InChI=1S/C23H24N2O3/c26-22(16-28-20-11-10-17-5-1-7-19(17)15-20)24-13-4-14-27-21-9-2-6-18-8-3-12-25-23(18)21/h2-3,6,8-12,15H,1,4-5,7,13-14,16H2,(H,24,26). The van der Waals surface area contributed by atoms with Crippen LogP contribution in [-0.2, 0) is 17.6 Å². The fraction of sp³-hybridized carbons (Fsp3) is 0.304. The molecule has 1 aromatic heterocycles. The number of nitrogens with one attached hydrogen (secondary N) is 1. The van der Waals surface area contributed by atoms with Crippen LogP contribution in [0.3, 0.4) is 0 Å². The maximum absolute atomic E-state index is 12.0. The Hall–Kier alpha value is -3.08. The smallest absolute Gasteiger partial charge is 0.257 e. The van der Waals surface area contributed by atoms with E-state index in [2.05, 4.69) is 22.4 Å². The van der Waals surface area contributed by atoms with Crippen LogP contribution in [0.1, 0.15) is 24.0 Å². The summed E-state index contributed by atoms with van der Waals surface area (Å²) in [6, 6.07) is 15.9. The molecule has 0 unspecified atom stereocenters. The highest BCUT2D eigenvalue weighted by Crippen LogP contribution is 2.26. The van der Waals surface area contributed by atoms with Crippen LogP contribution in [0.4, 0.5) is 0 Å². The summed E-state index contributed by atoms with van der Waals surface area (Å²) in [5, 5.41) is 3.92. The molecule has 0 fully saturated rings. The molecule has 4 rings (SSSR count). The normalized spacial score (nSPS) is 12.6. The molecule has 3 aromatic rings. The average Bonchev–Trinajstić information content (AvgIpc) is 3.20. The summed E-state index contributed by atoms with van der Waals surface area (Å²) in [6.07, 6.45) is 5.93. The van der Waals surface area contributed by atoms with Crippen molar-refractivity contribution in [2.75, 3.05) is 19.8 Å². The van der Waals surface area contributed by atoms with Crippen LogP contribution in [0.2, 0.25) is 0 Å². The van der Waals surface area contributed by atoms with E-state index >= 15 is 0 Å². The number of nitrogens with zero attached hydrogens (tertiary/aromatic N) is 1. The van der Waals surface area contributed by atoms with E-state index in [0.29, 0.717) is 19.6 Å². The zero-order chi connectivity index (χ0) is 19.2. The Morgan fingerprint density at radius 3 is 2.89 bits per heavy atom. The molecule has 0 atom stereocenters. The molecule has 144 valence electrons. The van der Waals surface area contributed by atoms with Crippen molar-refractivity contribution in [1.82, 2.24) is 10.3 Å². The summed E-state index contributed by atoms with van der Waals surface area (Å²) in [4.78, 5) is 16.3. The highest BCUT2D eigenvalue weighted by Gasteiger charge is 2.11. The predicted octanol–water partition coefficient (Wildman–Crippen LogP) is 3.69. The number of hydrogen-bond acceptors (Lipinski definition) is 4. The number of benzene rings is 2. The monoisotopic (exact) mass is 376 g/mol. The summed E-state index contributed by atoms with van der Waals surface area (Å²) in [5.74, 6) is 1.42. The van der Waals surface area contributed by atoms with Crippen molar-refractivity contribution in [3.05, 3.63) is 65.9 Å². The highest BCUT2D eigenvalue weighted by atomic mass is 16.5. The molecule has 5 heteroatoms. The lowest BCUT2D eigenvalue weighted by Crippen LogP contribution is -2.30. The van der Waals surface area contributed by atoms with Gasteiger partial charge in [-0.3, -0.25) is 9.78 Å². The molecule has 0 saturated heterocycles. The van der Waals surface area contributed by atoms with Gasteiger partial charge in [0.1, 0.15) is 17.0 Å². The summed E-state index contributed by atoms with van der Waals surface area (Å²) < 4.78 is 11.4. The lowest BCUT2D eigenvalue weighted by Gasteiger charge is -2.10. The first kappa shape index (κ1) is 18.3. The van der Waals surface area contributed by atoms with Gasteiger partial charge < -0.3 is 14.8 Å². The van der Waals surface area contributed by atoms with Gasteiger partial charge in [-0.2, -0.15) is 0 Å². The number of para-hydroxylation sites is 1. The number of rotatable bonds is 8. The summed E-state index contributed by atoms with van der Waals surface area (Å²) >= 11 is 0. The van der Waals surface area contributed by atoms with Crippen LogP contribution < -0.4 is 14.8 Å². The second kappa shape index (κ2) is 8.74. The quantitative estimate of drug-likeness (QED) is 0.609. The first-order valence-electron chi connectivity index (χ1n) is 9.77. The number of aryl methyl sites for hydroxylation is 2. The van der Waals surface area contributed by atoms with E-state index < -0.39 is 0 Å². The van der Waals surface area contributed by atoms with Gasteiger partial charge in [-0.15, -0.1) is 0 Å². The molecule has 5 nitrogen and oxygen atoms in total. The number of amides is 1. The van der Waals surface area contributed by atoms with Crippen molar-refractivity contribution < 1.29 is 14.3 Å². The Kier molecular flexibility index (Phi) is 5.71. The summed E-state index contributed by atoms with van der Waals surface area (Å²) in [7, 11) is 0. The number of fused-ring (bicyclic) bond motifs is 2. The third kappa shape index (κ3) is 4.42. The first-order valence-corrected chi connectivity index (χ1v) is 9.77. The van der Waals surface area contributed by atoms with Gasteiger partial charge >= 0.3 is 0 Å². The van der Waals surface area contributed by atoms with Gasteiger partial charge in [-0.25, -0.2) is 0 Å². The molecule has 28 heavy (non-hydrogen) atoms. The van der Waals surface area contributed by atoms with Crippen molar-refractivity contribution in [2.24, 2.45) is 0 Å². The van der Waals surface area contributed by atoms with E-state index in [1.807, 2.05) is 36.4 Å². The van der Waals surface area contributed by atoms with Crippen molar-refractivity contribution >= 4 is 16.8 Å². The third-order valence-electron chi connectivity index (χ3n) is 4.94. The molecule has 0 bridgehead atoms. The average molecular weight is 376 g/mol. The maximum atomic E-state index is 12.0. The fourth-order valence-corrected chi connectivity index (χ4v) is 3.51. The molecular formula is C23H24N2O3. The lowest BCUT2D eigenvalue weighted by molar-refractivity contribution is -0.123. The number of carbonyl (C=O) groups is 1. The minimum atomic E-state index is -0.118. The Balaban J connectivity index is 1.17. The number of ether oxygens (including phenoxy) is 2. The fourth-order valence-electron chi connectivity index (χ4n) is 3.51. The van der Waals surface area contributed by atoms with Gasteiger partial charge in [-0.1, -0.05) is 24.3 Å². The lowest BCUT2D eigenvalue weighted by atomic mass is 10.1. The summed E-state index contributed by atoms with van der Waals surface area (Å²) in [5.41, 5.74) is 3.60. The number of carbonyl (C=O) groups excluding carboxylic acids is 1. The molecule has 0 spiro atoms. The molecule has 1 heterocycles. The van der Waals surface area contributed by atoms with E-state index in [1.165, 1.54) is 17.5 Å². The molecule has 1 aliphatic rings. The molecule has 2 aromatic carbocycles. The molecule has 1 amide bonds. The first-order chi connectivity index (χ1) is 13.8. The topological polar surface area (TPSA) is 60.5 Å². The zero-order valence-corrected chi connectivity index (χ0v) is 15.8. The van der Waals surface area contributed by atoms with Crippen molar-refractivity contribution in [3.63, 3.8) is 0 Å². The van der Waals surface area contributed by atoms with Crippen LogP contribution in [-0.4, -0.2) is 30.6 Å². The van der Waals surface area contributed by atoms with Gasteiger partial charge in [-0.05, 0) is 61.1 Å². The van der Waals surface area contributed by atoms with Crippen LogP contribution in [0.25, 0.3) is 10.9 Å². The number of hydrogen-bond donors (Lipinski definition) is 1. The Labute approximate surface area is 164 Å². The van der Waals surface area contributed by atoms with Crippen molar-refractivity contribution in [2.45, 2.75) is 25.7 Å². The molecule has 1 N–H and O–H groups in total. The van der Waals surface area contributed by atoms with Gasteiger partial charge in [0.15, 0.2) is 6.61 Å². The second-order valence-corrected chi connectivity index (χ2v) is 6.96. The van der Waals surface area contributed by atoms with Crippen LogP contribution in [0, 0.1) is 0 Å². The molecule has 0 radical (unpaired) electrons. The van der Waals surface area contributed by atoms with Crippen LogP contribution in [0.15, 0.2) is 54.7 Å². The van der Waals surface area contributed by atoms with Crippen molar-refractivity contribution in [1.29, 1.82) is 0 Å². The van der Waals surface area contributed by atoms with Crippen molar-refractivity contribution in [3.8, 4) is 11.5 Å². The van der Waals surface area contributed by atoms with Gasteiger partial charge in [0.05, 0.1) is 6.61 Å². The van der Waals surface area contributed by atoms with E-state index in [1.54, 1.807) is 6.20 Å². The Bertz CT molecular complexity index is 966. The predicted molar refractivity (Wildman–Crippen MR) is 109 cm³/mol. The Morgan fingerprint density at radius 1 is 1.04 bits per heavy atom. The third-order valence-corrected chi connectivity index (χ3v) is 4.94. The van der Waals surface area contributed by atoms with E-state index in [-0.39, 0.29) is 12.5 Å².